The van der Waals surface area contributed by atoms with E-state index >= 15 is 0 Å². The Kier molecular flexibility index (Phi) is 0.682. The van der Waals surface area contributed by atoms with Crippen LogP contribution in [0, 0.1) is 5.41 Å². The summed E-state index contributed by atoms with van der Waals surface area (Å²) in [4.78, 5) is 0. The maximum Gasteiger partial charge on any atom is 0.0393 e. The molecule has 0 unspecified atom stereocenters. The largest absolute Gasteiger partial charge is 0.122 e. The van der Waals surface area contributed by atoms with Crippen LogP contribution >= 0.6 is 11.6 Å². The molecule has 0 aromatic heterocycles. The zero-order valence-electron chi connectivity index (χ0n) is 4.16. The zero-order chi connectivity index (χ0) is 4.78. The van der Waals surface area contributed by atoms with Gasteiger partial charge in [-0.3, -0.25) is 0 Å². The van der Waals surface area contributed by atoms with Crippen LogP contribution in [0.15, 0.2) is 0 Å². The molecule has 0 saturated heterocycles. The lowest BCUT2D eigenvalue weighted by molar-refractivity contribution is 0.655. The van der Waals surface area contributed by atoms with Gasteiger partial charge in [0.05, 0.1) is 0 Å². The maximum absolute atomic E-state index is 5.68. The van der Waals surface area contributed by atoms with Crippen LogP contribution in [0.3, 0.4) is 0 Å². The highest BCUT2D eigenvalue weighted by Gasteiger charge is 2.43. The van der Waals surface area contributed by atoms with Gasteiger partial charge in [0.1, 0.15) is 0 Å². The number of hydrogen-bond acceptors (Lipinski definition) is 0. The van der Waals surface area contributed by atoms with Gasteiger partial charge in [-0.25, -0.2) is 0 Å². The third-order valence-corrected chi connectivity index (χ3v) is 2.14. The van der Waals surface area contributed by atoms with Crippen LogP contribution in [0.1, 0.15) is 20.3 Å². The second kappa shape index (κ2) is 0.919. The predicted octanol–water partition coefficient (Wildman–Crippen LogP) is 2.02. The molecule has 1 heteroatoms. The molecule has 0 heterocycles. The molecule has 1 rings (SSSR count). The lowest BCUT2D eigenvalue weighted by atomic mass is 10.2. The first-order valence-electron chi connectivity index (χ1n) is 2.27. The van der Waals surface area contributed by atoms with Crippen molar-refractivity contribution in [2.24, 2.45) is 5.41 Å². The minimum Gasteiger partial charge on any atom is -0.122 e. The van der Waals surface area contributed by atoms with Gasteiger partial charge in [-0.2, -0.15) is 0 Å². The predicted molar refractivity (Wildman–Crippen MR) is 28.0 cm³/mol. The number of rotatable bonds is 0. The minimum atomic E-state index is 0.470. The third kappa shape index (κ3) is 0.538. The zero-order valence-corrected chi connectivity index (χ0v) is 4.92. The van der Waals surface area contributed by atoms with Crippen LogP contribution in [0.2, 0.25) is 0 Å². The first-order valence-corrected chi connectivity index (χ1v) is 2.71. The number of hydrogen-bond donors (Lipinski definition) is 0. The van der Waals surface area contributed by atoms with Gasteiger partial charge >= 0.3 is 0 Å². The Balaban J connectivity index is 2.41. The third-order valence-electron chi connectivity index (χ3n) is 1.39. The van der Waals surface area contributed by atoms with Crippen LogP contribution in [-0.4, -0.2) is 5.38 Å². The molecule has 1 aliphatic carbocycles. The normalized spacial score (nSPS) is 39.5. The Bertz CT molecular complexity index is 66.3. The van der Waals surface area contributed by atoms with Gasteiger partial charge in [-0.1, -0.05) is 13.8 Å². The van der Waals surface area contributed by atoms with Crippen molar-refractivity contribution in [1.82, 2.24) is 0 Å². The highest BCUT2D eigenvalue weighted by atomic mass is 35.5. The van der Waals surface area contributed by atoms with Crippen LogP contribution in [-0.2, 0) is 0 Å². The van der Waals surface area contributed by atoms with Crippen molar-refractivity contribution in [1.29, 1.82) is 0 Å². The number of alkyl halides is 1. The molecule has 1 aliphatic rings. The van der Waals surface area contributed by atoms with Crippen molar-refractivity contribution in [2.45, 2.75) is 25.6 Å². The van der Waals surface area contributed by atoms with E-state index in [9.17, 15) is 0 Å². The first-order chi connectivity index (χ1) is 2.63. The highest BCUT2D eigenvalue weighted by Crippen LogP contribution is 2.48. The Morgan fingerprint density at radius 3 is 1.83 bits per heavy atom. The van der Waals surface area contributed by atoms with Crippen LogP contribution in [0.25, 0.3) is 0 Å². The second-order valence-electron chi connectivity index (χ2n) is 2.66. The Morgan fingerprint density at radius 1 is 1.67 bits per heavy atom. The molecule has 0 nitrogen and oxygen atoms in total. The summed E-state index contributed by atoms with van der Waals surface area (Å²) in [5, 5.41) is 0.470. The van der Waals surface area contributed by atoms with Crippen molar-refractivity contribution in [3.8, 4) is 0 Å². The van der Waals surface area contributed by atoms with E-state index in [0.29, 0.717) is 10.8 Å². The van der Waals surface area contributed by atoms with Crippen LogP contribution < -0.4 is 0 Å². The van der Waals surface area contributed by atoms with E-state index in [2.05, 4.69) is 13.8 Å². The summed E-state index contributed by atoms with van der Waals surface area (Å²) in [6.07, 6.45) is 1.20. The molecule has 0 aliphatic heterocycles. The van der Waals surface area contributed by atoms with Gasteiger partial charge in [0, 0.05) is 5.38 Å². The van der Waals surface area contributed by atoms with Crippen molar-refractivity contribution in [3.63, 3.8) is 0 Å². The van der Waals surface area contributed by atoms with Crippen molar-refractivity contribution >= 4 is 11.6 Å². The lowest BCUT2D eigenvalue weighted by Crippen LogP contribution is -1.84. The smallest absolute Gasteiger partial charge is 0.0393 e. The molecular formula is C5H9Cl. The van der Waals surface area contributed by atoms with Crippen LogP contribution in [0.5, 0.6) is 0 Å². The molecule has 1 saturated carbocycles. The lowest BCUT2D eigenvalue weighted by Gasteiger charge is -1.90. The minimum absolute atomic E-state index is 0.470. The molecular weight excluding hydrogens is 95.5 g/mol. The fraction of sp³-hybridized carbons (Fsp3) is 1.00. The van der Waals surface area contributed by atoms with Crippen molar-refractivity contribution in [2.75, 3.05) is 0 Å². The number of halogens is 1. The van der Waals surface area contributed by atoms with Gasteiger partial charge in [0.25, 0.3) is 0 Å². The van der Waals surface area contributed by atoms with Gasteiger partial charge in [0.15, 0.2) is 0 Å². The summed E-state index contributed by atoms with van der Waals surface area (Å²) in [7, 11) is 0. The molecule has 0 bridgehead atoms. The average Bonchev–Trinajstić information content (AvgIpc) is 1.73. The van der Waals surface area contributed by atoms with Gasteiger partial charge in [-0.15, -0.1) is 11.6 Å². The molecule has 0 amide bonds. The summed E-state index contributed by atoms with van der Waals surface area (Å²) in [5.74, 6) is 0. The van der Waals surface area contributed by atoms with Gasteiger partial charge < -0.3 is 0 Å². The molecule has 1 fully saturated rings. The monoisotopic (exact) mass is 104 g/mol. The first kappa shape index (κ1) is 4.45. The van der Waals surface area contributed by atoms with Crippen molar-refractivity contribution < 1.29 is 0 Å². The molecule has 0 N–H and O–H groups in total. The summed E-state index contributed by atoms with van der Waals surface area (Å²) < 4.78 is 0. The second-order valence-corrected chi connectivity index (χ2v) is 3.19. The van der Waals surface area contributed by atoms with Gasteiger partial charge in [-0.05, 0) is 11.8 Å². The topological polar surface area (TPSA) is 0 Å². The fourth-order valence-corrected chi connectivity index (χ4v) is 0.801. The average molecular weight is 105 g/mol. The van der Waals surface area contributed by atoms with E-state index < -0.39 is 0 Å². The Morgan fingerprint density at radius 2 is 1.83 bits per heavy atom. The molecule has 1 atom stereocenters. The summed E-state index contributed by atoms with van der Waals surface area (Å²) >= 11 is 5.68. The van der Waals surface area contributed by atoms with E-state index in [-0.39, 0.29) is 0 Å². The van der Waals surface area contributed by atoms with Gasteiger partial charge in [0.2, 0.25) is 0 Å². The molecule has 0 spiro atoms. The molecule has 0 aromatic rings. The summed E-state index contributed by atoms with van der Waals surface area (Å²) in [5.41, 5.74) is 0.474. The maximum atomic E-state index is 5.68. The molecule has 0 radical (unpaired) electrons. The summed E-state index contributed by atoms with van der Waals surface area (Å²) in [6, 6.07) is 0. The SMILES string of the molecule is CC1(C)C[C@@H]1Cl. The Hall–Kier alpha value is 0.290. The molecule has 0 aromatic carbocycles. The van der Waals surface area contributed by atoms with E-state index in [1.54, 1.807) is 0 Å². The molecule has 6 heavy (non-hydrogen) atoms. The standard InChI is InChI=1S/C5H9Cl/c1-5(2)3-4(5)6/h4H,3H2,1-2H3/t4-/m0/s1. The highest BCUT2D eigenvalue weighted by molar-refractivity contribution is 6.23. The summed E-state index contributed by atoms with van der Waals surface area (Å²) in [6.45, 7) is 4.37. The van der Waals surface area contributed by atoms with E-state index in [0.717, 1.165) is 0 Å². The quantitative estimate of drug-likeness (QED) is 0.413. The Labute approximate surface area is 43.5 Å². The fourth-order valence-electron chi connectivity index (χ4n) is 0.403. The van der Waals surface area contributed by atoms with Crippen LogP contribution in [0.4, 0.5) is 0 Å². The van der Waals surface area contributed by atoms with E-state index in [1.807, 2.05) is 0 Å². The van der Waals surface area contributed by atoms with E-state index in [1.165, 1.54) is 6.42 Å². The van der Waals surface area contributed by atoms with E-state index in [4.69, 9.17) is 11.6 Å². The van der Waals surface area contributed by atoms with Crippen molar-refractivity contribution in [3.05, 3.63) is 0 Å². The molecule has 36 valence electrons.